The smallest absolute Gasteiger partial charge is 0.131 e. The summed E-state index contributed by atoms with van der Waals surface area (Å²) in [7, 11) is 1.84. The Hall–Kier alpha value is -1.85. The van der Waals surface area contributed by atoms with Crippen LogP contribution >= 0.6 is 0 Å². The van der Waals surface area contributed by atoms with E-state index in [1.807, 2.05) is 30.1 Å². The Morgan fingerprint density at radius 3 is 2.71 bits per heavy atom. The highest BCUT2D eigenvalue weighted by molar-refractivity contribution is 5.21. The number of hydrogen-bond donors (Lipinski definition) is 1. The lowest BCUT2D eigenvalue weighted by molar-refractivity contribution is 0.124. The molecule has 0 spiro atoms. The van der Waals surface area contributed by atoms with Crippen LogP contribution in [0, 0.1) is 11.6 Å². The molecule has 21 heavy (non-hydrogen) atoms. The molecular weight excluding hydrogens is 274 g/mol. The van der Waals surface area contributed by atoms with Crippen LogP contribution in [0.15, 0.2) is 42.6 Å². The van der Waals surface area contributed by atoms with Gasteiger partial charge in [0.2, 0.25) is 0 Å². The molecule has 0 bridgehead atoms. The lowest BCUT2D eigenvalue weighted by Gasteiger charge is -2.21. The van der Waals surface area contributed by atoms with Gasteiger partial charge in [0.05, 0.1) is 6.10 Å². The predicted molar refractivity (Wildman–Crippen MR) is 76.8 cm³/mol. The molecular formula is C16H18F2N2O. The summed E-state index contributed by atoms with van der Waals surface area (Å²) in [4.78, 5) is 6.11. The normalized spacial score (nSPS) is 12.6. The van der Waals surface area contributed by atoms with Crippen LogP contribution in [0.25, 0.3) is 0 Å². The monoisotopic (exact) mass is 292 g/mol. The van der Waals surface area contributed by atoms with Crippen LogP contribution in [0.2, 0.25) is 0 Å². The molecule has 0 saturated heterocycles. The number of likely N-dealkylation sites (N-methyl/N-ethyl adjacent to an activating group) is 1. The van der Waals surface area contributed by atoms with Crippen LogP contribution in [0.1, 0.15) is 17.4 Å². The standard InChI is InChI=1S/C16H18F2N2O/c1-20(9-7-13-4-2-3-8-19-13)11-16(21)14-6-5-12(17)10-15(14)18/h2-6,8,10,16,21H,7,9,11H2,1H3. The van der Waals surface area contributed by atoms with Gasteiger partial charge in [0.15, 0.2) is 0 Å². The van der Waals surface area contributed by atoms with Crippen molar-refractivity contribution < 1.29 is 13.9 Å². The average molecular weight is 292 g/mol. The number of pyridine rings is 1. The molecule has 2 aromatic rings. The van der Waals surface area contributed by atoms with Crippen molar-refractivity contribution in [1.29, 1.82) is 0 Å². The molecule has 112 valence electrons. The molecule has 0 fully saturated rings. The van der Waals surface area contributed by atoms with E-state index >= 15 is 0 Å². The Bertz CT molecular complexity index is 578. The summed E-state index contributed by atoms with van der Waals surface area (Å²) in [6, 6.07) is 8.92. The van der Waals surface area contributed by atoms with Crippen molar-refractivity contribution in [3.8, 4) is 0 Å². The first-order valence-electron chi connectivity index (χ1n) is 6.77. The van der Waals surface area contributed by atoms with E-state index in [1.165, 1.54) is 6.07 Å². The van der Waals surface area contributed by atoms with Crippen LogP contribution in [0.4, 0.5) is 8.78 Å². The molecule has 2 rings (SSSR count). The minimum absolute atomic E-state index is 0.112. The summed E-state index contributed by atoms with van der Waals surface area (Å²) in [5.41, 5.74) is 1.08. The van der Waals surface area contributed by atoms with Crippen LogP contribution < -0.4 is 0 Å². The maximum atomic E-state index is 13.6. The molecule has 0 saturated carbocycles. The molecule has 3 nitrogen and oxygen atoms in total. The zero-order chi connectivity index (χ0) is 15.2. The Labute approximate surface area is 122 Å². The summed E-state index contributed by atoms with van der Waals surface area (Å²) < 4.78 is 26.4. The zero-order valence-corrected chi connectivity index (χ0v) is 11.8. The number of aliphatic hydroxyl groups is 1. The number of nitrogens with zero attached hydrogens (tertiary/aromatic N) is 2. The van der Waals surface area contributed by atoms with Crippen molar-refractivity contribution in [2.45, 2.75) is 12.5 Å². The van der Waals surface area contributed by atoms with Gasteiger partial charge in [-0.3, -0.25) is 4.98 Å². The third-order valence-corrected chi connectivity index (χ3v) is 3.28. The number of halogens is 2. The van der Waals surface area contributed by atoms with Gasteiger partial charge in [-0.05, 0) is 25.2 Å². The number of aromatic nitrogens is 1. The van der Waals surface area contributed by atoms with Gasteiger partial charge in [-0.25, -0.2) is 8.78 Å². The van der Waals surface area contributed by atoms with Crippen LogP contribution in [0.5, 0.6) is 0 Å². The molecule has 0 aliphatic carbocycles. The van der Waals surface area contributed by atoms with Crippen molar-refractivity contribution in [3.05, 3.63) is 65.5 Å². The van der Waals surface area contributed by atoms with Gasteiger partial charge in [0.1, 0.15) is 11.6 Å². The van der Waals surface area contributed by atoms with E-state index in [9.17, 15) is 13.9 Å². The first kappa shape index (κ1) is 15.5. The van der Waals surface area contributed by atoms with Gasteiger partial charge in [-0.15, -0.1) is 0 Å². The average Bonchev–Trinajstić information content (AvgIpc) is 2.46. The molecule has 1 N–H and O–H groups in total. The van der Waals surface area contributed by atoms with Gasteiger partial charge in [0.25, 0.3) is 0 Å². The summed E-state index contributed by atoms with van der Waals surface area (Å²) >= 11 is 0. The summed E-state index contributed by atoms with van der Waals surface area (Å²) in [6.07, 6.45) is 1.49. The van der Waals surface area contributed by atoms with Crippen LogP contribution in [-0.2, 0) is 6.42 Å². The number of hydrogen-bond acceptors (Lipinski definition) is 3. The SMILES string of the molecule is CN(CCc1ccccn1)CC(O)c1ccc(F)cc1F. The first-order chi connectivity index (χ1) is 10.1. The Kier molecular flexibility index (Phi) is 5.36. The molecule has 0 aliphatic rings. The van der Waals surface area contributed by atoms with Crippen molar-refractivity contribution in [1.82, 2.24) is 9.88 Å². The molecule has 1 unspecified atom stereocenters. The third-order valence-electron chi connectivity index (χ3n) is 3.28. The highest BCUT2D eigenvalue weighted by atomic mass is 19.1. The molecule has 0 amide bonds. The summed E-state index contributed by atoms with van der Waals surface area (Å²) in [5, 5.41) is 10.0. The molecule has 1 aromatic heterocycles. The van der Waals surface area contributed by atoms with Crippen LogP contribution in [-0.4, -0.2) is 35.1 Å². The van der Waals surface area contributed by atoms with Crippen LogP contribution in [0.3, 0.4) is 0 Å². The Balaban J connectivity index is 1.88. The minimum Gasteiger partial charge on any atom is -0.387 e. The van der Waals surface area contributed by atoms with Gasteiger partial charge in [-0.2, -0.15) is 0 Å². The highest BCUT2D eigenvalue weighted by Crippen LogP contribution is 2.18. The second-order valence-electron chi connectivity index (χ2n) is 5.01. The van der Waals surface area contributed by atoms with E-state index in [4.69, 9.17) is 0 Å². The van der Waals surface area contributed by atoms with E-state index in [0.717, 1.165) is 24.2 Å². The predicted octanol–water partition coefficient (Wildman–Crippen LogP) is 2.57. The fraction of sp³-hybridized carbons (Fsp3) is 0.312. The third kappa shape index (κ3) is 4.58. The quantitative estimate of drug-likeness (QED) is 0.889. The summed E-state index contributed by atoms with van der Waals surface area (Å²) in [5.74, 6) is -1.37. The lowest BCUT2D eigenvalue weighted by Crippen LogP contribution is -2.27. The minimum atomic E-state index is -0.987. The number of aliphatic hydroxyl groups excluding tert-OH is 1. The first-order valence-corrected chi connectivity index (χ1v) is 6.77. The highest BCUT2D eigenvalue weighted by Gasteiger charge is 2.15. The topological polar surface area (TPSA) is 36.4 Å². The summed E-state index contributed by atoms with van der Waals surface area (Å²) in [6.45, 7) is 0.965. The maximum Gasteiger partial charge on any atom is 0.131 e. The lowest BCUT2D eigenvalue weighted by atomic mass is 10.1. The second kappa shape index (κ2) is 7.24. The van der Waals surface area contributed by atoms with E-state index in [0.29, 0.717) is 6.54 Å². The molecule has 0 radical (unpaired) electrons. The second-order valence-corrected chi connectivity index (χ2v) is 5.01. The largest absolute Gasteiger partial charge is 0.387 e. The Morgan fingerprint density at radius 1 is 1.24 bits per heavy atom. The fourth-order valence-electron chi connectivity index (χ4n) is 2.11. The van der Waals surface area contributed by atoms with Gasteiger partial charge >= 0.3 is 0 Å². The Morgan fingerprint density at radius 2 is 2.05 bits per heavy atom. The van der Waals surface area contributed by atoms with E-state index in [1.54, 1.807) is 6.20 Å². The molecule has 1 aromatic carbocycles. The van der Waals surface area contributed by atoms with Crippen molar-refractivity contribution in [2.75, 3.05) is 20.1 Å². The zero-order valence-electron chi connectivity index (χ0n) is 11.8. The maximum absolute atomic E-state index is 13.6. The van der Waals surface area contributed by atoms with Gasteiger partial charge in [-0.1, -0.05) is 12.1 Å². The van der Waals surface area contributed by atoms with Crippen molar-refractivity contribution >= 4 is 0 Å². The van der Waals surface area contributed by atoms with E-state index in [2.05, 4.69) is 4.98 Å². The van der Waals surface area contributed by atoms with Gasteiger partial charge < -0.3 is 10.0 Å². The molecule has 0 aliphatic heterocycles. The van der Waals surface area contributed by atoms with Crippen molar-refractivity contribution in [3.63, 3.8) is 0 Å². The van der Waals surface area contributed by atoms with E-state index < -0.39 is 17.7 Å². The van der Waals surface area contributed by atoms with Crippen molar-refractivity contribution in [2.24, 2.45) is 0 Å². The number of rotatable bonds is 6. The number of benzene rings is 1. The van der Waals surface area contributed by atoms with Gasteiger partial charge in [0, 0.05) is 43.0 Å². The van der Waals surface area contributed by atoms with E-state index in [-0.39, 0.29) is 12.1 Å². The molecule has 1 heterocycles. The fourth-order valence-corrected chi connectivity index (χ4v) is 2.11. The molecule has 5 heteroatoms. The molecule has 1 atom stereocenters.